The van der Waals surface area contributed by atoms with Crippen molar-refractivity contribution in [2.45, 2.75) is 24.8 Å². The molecule has 1 N–H and O–H groups in total. The molecule has 0 spiro atoms. The second kappa shape index (κ2) is 10.7. The highest BCUT2D eigenvalue weighted by atomic mass is 16.5. The van der Waals surface area contributed by atoms with Crippen molar-refractivity contribution in [2.24, 2.45) is 0 Å². The topological polar surface area (TPSA) is 44.8 Å². The van der Waals surface area contributed by atoms with Gasteiger partial charge in [0.25, 0.3) is 0 Å². The van der Waals surface area contributed by atoms with Gasteiger partial charge >= 0.3 is 6.03 Å². The Balaban J connectivity index is 1.26. The van der Waals surface area contributed by atoms with Gasteiger partial charge in [0.05, 0.1) is 7.11 Å². The zero-order valence-electron chi connectivity index (χ0n) is 20.1. The van der Waals surface area contributed by atoms with Gasteiger partial charge < -0.3 is 15.0 Å². The molecule has 2 aliphatic rings. The van der Waals surface area contributed by atoms with Crippen molar-refractivity contribution in [2.75, 3.05) is 38.6 Å². The number of benzene rings is 3. The molecule has 5 nitrogen and oxygen atoms in total. The Kier molecular flexibility index (Phi) is 7.02. The fraction of sp³-hybridized carbons (Fsp3) is 0.300. The number of fused-ring (bicyclic) bond motifs is 1. The van der Waals surface area contributed by atoms with Crippen LogP contribution in [0.2, 0.25) is 0 Å². The Morgan fingerprint density at radius 1 is 0.886 bits per heavy atom. The molecule has 2 aliphatic heterocycles. The summed E-state index contributed by atoms with van der Waals surface area (Å²) >= 11 is 0. The van der Waals surface area contributed by atoms with E-state index >= 15 is 0 Å². The molecule has 0 bridgehead atoms. The molecule has 2 heterocycles. The second-order valence-electron chi connectivity index (χ2n) is 9.19. The lowest BCUT2D eigenvalue weighted by molar-refractivity contribution is 0.197. The van der Waals surface area contributed by atoms with Crippen molar-refractivity contribution in [3.63, 3.8) is 0 Å². The number of carbonyl (C=O) groups excluding carboxylic acids is 1. The Bertz CT molecular complexity index is 1200. The predicted molar refractivity (Wildman–Crippen MR) is 140 cm³/mol. The first-order chi connectivity index (χ1) is 17.2. The normalized spacial score (nSPS) is 19.7. The molecule has 0 aliphatic carbocycles. The SMILES string of the molecule is COc1ccc(NC(=O)N2CCCN3CC[C@H](c4ccc(C#Cc5ccccc5)cc4)[C@H]3C2)cc1. The number of nitrogens with zero attached hydrogens (tertiary/aromatic N) is 2. The third-order valence-electron chi connectivity index (χ3n) is 7.03. The van der Waals surface area contributed by atoms with Gasteiger partial charge in [0.1, 0.15) is 5.75 Å². The predicted octanol–water partition coefficient (Wildman–Crippen LogP) is 5.19. The van der Waals surface area contributed by atoms with Crippen LogP contribution < -0.4 is 10.1 Å². The second-order valence-corrected chi connectivity index (χ2v) is 9.19. The molecule has 0 saturated carbocycles. The van der Waals surface area contributed by atoms with E-state index < -0.39 is 0 Å². The van der Waals surface area contributed by atoms with Crippen LogP contribution in [0.5, 0.6) is 5.75 Å². The summed E-state index contributed by atoms with van der Waals surface area (Å²) in [6, 6.07) is 26.5. The van der Waals surface area contributed by atoms with Crippen LogP contribution in [-0.4, -0.2) is 55.2 Å². The van der Waals surface area contributed by atoms with Crippen molar-refractivity contribution in [3.05, 3.63) is 95.6 Å². The molecule has 3 aromatic rings. The van der Waals surface area contributed by atoms with E-state index in [-0.39, 0.29) is 6.03 Å². The molecule has 2 fully saturated rings. The molecule has 0 unspecified atom stereocenters. The van der Waals surface area contributed by atoms with E-state index in [0.717, 1.165) is 61.6 Å². The minimum absolute atomic E-state index is 0.0331. The van der Waals surface area contributed by atoms with Gasteiger partial charge in [-0.1, -0.05) is 42.2 Å². The van der Waals surface area contributed by atoms with E-state index in [4.69, 9.17) is 4.74 Å². The van der Waals surface area contributed by atoms with E-state index in [9.17, 15) is 4.79 Å². The monoisotopic (exact) mass is 465 g/mol. The van der Waals surface area contributed by atoms with Crippen LogP contribution in [0.4, 0.5) is 10.5 Å². The summed E-state index contributed by atoms with van der Waals surface area (Å²) in [5.41, 5.74) is 4.16. The summed E-state index contributed by atoms with van der Waals surface area (Å²) in [5, 5.41) is 3.06. The number of anilines is 1. The molecular formula is C30H31N3O2. The van der Waals surface area contributed by atoms with E-state index in [2.05, 4.69) is 46.3 Å². The van der Waals surface area contributed by atoms with Crippen LogP contribution in [0.15, 0.2) is 78.9 Å². The molecule has 178 valence electrons. The van der Waals surface area contributed by atoms with Gasteiger partial charge in [-0.05, 0) is 73.5 Å². The fourth-order valence-electron chi connectivity index (χ4n) is 5.15. The fourth-order valence-corrected chi connectivity index (χ4v) is 5.15. The maximum absolute atomic E-state index is 13.1. The van der Waals surface area contributed by atoms with E-state index in [1.165, 1.54) is 5.56 Å². The van der Waals surface area contributed by atoms with Gasteiger partial charge in [-0.3, -0.25) is 4.90 Å². The molecule has 2 saturated heterocycles. The minimum atomic E-state index is -0.0331. The minimum Gasteiger partial charge on any atom is -0.497 e. The zero-order chi connectivity index (χ0) is 24.0. The molecular weight excluding hydrogens is 434 g/mol. The number of methoxy groups -OCH3 is 1. The number of rotatable bonds is 3. The molecule has 5 rings (SSSR count). The van der Waals surface area contributed by atoms with Gasteiger partial charge in [-0.2, -0.15) is 0 Å². The summed E-state index contributed by atoms with van der Waals surface area (Å²) < 4.78 is 5.21. The third-order valence-corrected chi connectivity index (χ3v) is 7.03. The van der Waals surface area contributed by atoms with E-state index in [1.54, 1.807) is 7.11 Å². The van der Waals surface area contributed by atoms with Gasteiger partial charge in [-0.25, -0.2) is 4.79 Å². The highest BCUT2D eigenvalue weighted by Gasteiger charge is 2.38. The maximum Gasteiger partial charge on any atom is 0.321 e. The van der Waals surface area contributed by atoms with Gasteiger partial charge in [0, 0.05) is 48.4 Å². The van der Waals surface area contributed by atoms with Gasteiger partial charge in [0.15, 0.2) is 0 Å². The first-order valence-corrected chi connectivity index (χ1v) is 12.3. The Morgan fingerprint density at radius 3 is 2.31 bits per heavy atom. The van der Waals surface area contributed by atoms with Gasteiger partial charge in [0.2, 0.25) is 0 Å². The van der Waals surface area contributed by atoms with Crippen molar-refractivity contribution in [3.8, 4) is 17.6 Å². The molecule has 0 radical (unpaired) electrons. The zero-order valence-corrected chi connectivity index (χ0v) is 20.1. The Morgan fingerprint density at radius 2 is 1.60 bits per heavy atom. The quantitative estimate of drug-likeness (QED) is 0.542. The van der Waals surface area contributed by atoms with Gasteiger partial charge in [-0.15, -0.1) is 0 Å². The molecule has 35 heavy (non-hydrogen) atoms. The largest absolute Gasteiger partial charge is 0.497 e. The summed E-state index contributed by atoms with van der Waals surface area (Å²) in [7, 11) is 1.64. The number of ether oxygens (including phenoxy) is 1. The highest BCUT2D eigenvalue weighted by Crippen LogP contribution is 2.35. The summed E-state index contributed by atoms with van der Waals surface area (Å²) in [6.45, 7) is 3.63. The average Bonchev–Trinajstić information content (AvgIpc) is 3.18. The Labute approximate surface area is 207 Å². The standard InChI is InChI=1S/C30H31N3O2/c1-35-27-16-14-26(15-17-27)31-30(34)33-20-5-19-32-21-18-28(29(32)22-33)25-12-10-24(11-13-25)9-8-23-6-3-2-4-7-23/h2-4,6-7,10-17,28-29H,5,18-22H2,1H3,(H,31,34)/t28-,29-/m1/s1. The number of carbonyl (C=O) groups is 1. The number of nitrogens with one attached hydrogen (secondary N) is 1. The van der Waals surface area contributed by atoms with E-state index in [1.807, 2.05) is 59.5 Å². The van der Waals surface area contributed by atoms with Crippen LogP contribution in [0.25, 0.3) is 0 Å². The lowest BCUT2D eigenvalue weighted by atomic mass is 9.91. The van der Waals surface area contributed by atoms with Crippen LogP contribution in [0.1, 0.15) is 35.4 Å². The lowest BCUT2D eigenvalue weighted by Crippen LogP contribution is -2.43. The van der Waals surface area contributed by atoms with Crippen molar-refractivity contribution < 1.29 is 9.53 Å². The van der Waals surface area contributed by atoms with Crippen LogP contribution in [-0.2, 0) is 0 Å². The number of hydrogen-bond acceptors (Lipinski definition) is 3. The molecule has 2 atom stereocenters. The molecule has 5 heteroatoms. The van der Waals surface area contributed by atoms with Crippen molar-refractivity contribution in [1.29, 1.82) is 0 Å². The maximum atomic E-state index is 13.1. The van der Waals surface area contributed by atoms with Crippen molar-refractivity contribution in [1.82, 2.24) is 9.80 Å². The molecule has 2 amide bonds. The Hall–Kier alpha value is -3.75. The third kappa shape index (κ3) is 5.50. The number of amides is 2. The molecule has 3 aromatic carbocycles. The number of hydrogen-bond donors (Lipinski definition) is 1. The smallest absolute Gasteiger partial charge is 0.321 e. The molecule has 0 aromatic heterocycles. The van der Waals surface area contributed by atoms with Crippen molar-refractivity contribution >= 4 is 11.7 Å². The number of urea groups is 1. The first-order valence-electron chi connectivity index (χ1n) is 12.3. The van der Waals surface area contributed by atoms with E-state index in [0.29, 0.717) is 12.0 Å². The first kappa shape index (κ1) is 23.0. The van der Waals surface area contributed by atoms with Crippen LogP contribution >= 0.6 is 0 Å². The van der Waals surface area contributed by atoms with Crippen LogP contribution in [0, 0.1) is 11.8 Å². The average molecular weight is 466 g/mol. The lowest BCUT2D eigenvalue weighted by Gasteiger charge is -2.30. The highest BCUT2D eigenvalue weighted by molar-refractivity contribution is 5.89. The summed E-state index contributed by atoms with van der Waals surface area (Å²) in [5.74, 6) is 7.69. The van der Waals surface area contributed by atoms with Crippen LogP contribution in [0.3, 0.4) is 0 Å². The summed E-state index contributed by atoms with van der Waals surface area (Å²) in [4.78, 5) is 17.6. The summed E-state index contributed by atoms with van der Waals surface area (Å²) in [6.07, 6.45) is 2.11.